The van der Waals surface area contributed by atoms with Gasteiger partial charge in [-0.1, -0.05) is 61.7 Å². The Morgan fingerprint density at radius 3 is 2.54 bits per heavy atom. The molecule has 5 aliphatic rings. The molecule has 4 fully saturated rings. The molecule has 4 aliphatic heterocycles. The molecule has 1 aromatic rings. The van der Waals surface area contributed by atoms with Gasteiger partial charge in [-0.2, -0.15) is 0 Å². The van der Waals surface area contributed by atoms with E-state index in [-0.39, 0.29) is 29.9 Å². The predicted octanol–water partition coefficient (Wildman–Crippen LogP) is 2.47. The van der Waals surface area contributed by atoms with Crippen LogP contribution in [0.2, 0.25) is 0 Å². The lowest BCUT2D eigenvalue weighted by Crippen LogP contribution is -2.55. The molecule has 6 atom stereocenters. The van der Waals surface area contributed by atoms with E-state index in [1.165, 1.54) is 6.42 Å². The van der Waals surface area contributed by atoms with Crippen LogP contribution in [0.4, 0.5) is 0 Å². The van der Waals surface area contributed by atoms with Crippen LogP contribution in [-0.4, -0.2) is 65.2 Å². The maximum Gasteiger partial charge on any atom is 0.246 e. The summed E-state index contributed by atoms with van der Waals surface area (Å²) in [4.78, 5) is 43.3. The number of rotatable bonds is 7. The summed E-state index contributed by atoms with van der Waals surface area (Å²) >= 11 is 0. The smallest absolute Gasteiger partial charge is 0.246 e. The lowest BCUT2D eigenvalue weighted by molar-refractivity contribution is -0.146. The number of benzene rings is 1. The highest BCUT2D eigenvalue weighted by atomic mass is 16.5. The fraction of sp³-hybridized carbons (Fsp3) is 0.621. The van der Waals surface area contributed by atoms with Gasteiger partial charge in [0.2, 0.25) is 17.7 Å². The van der Waals surface area contributed by atoms with Crippen molar-refractivity contribution >= 4 is 17.7 Å². The molecule has 2 N–H and O–H groups in total. The van der Waals surface area contributed by atoms with E-state index in [2.05, 4.69) is 10.6 Å². The van der Waals surface area contributed by atoms with Gasteiger partial charge in [-0.15, -0.1) is 0 Å². The van der Waals surface area contributed by atoms with Gasteiger partial charge in [0, 0.05) is 25.7 Å². The molecule has 2 bridgehead atoms. The summed E-state index contributed by atoms with van der Waals surface area (Å²) < 4.78 is 12.5. The first-order valence-corrected chi connectivity index (χ1v) is 13.9. The summed E-state index contributed by atoms with van der Waals surface area (Å²) in [6, 6.07) is 8.98. The minimum Gasteiger partial charge on any atom is -0.376 e. The van der Waals surface area contributed by atoms with Gasteiger partial charge >= 0.3 is 0 Å². The Morgan fingerprint density at radius 2 is 1.81 bits per heavy atom. The first-order valence-electron chi connectivity index (χ1n) is 13.9. The third-order valence-electron chi connectivity index (χ3n) is 9.01. The average Bonchev–Trinajstić information content (AvgIpc) is 3.64. The quantitative estimate of drug-likeness (QED) is 0.553. The van der Waals surface area contributed by atoms with Gasteiger partial charge in [-0.05, 0) is 38.2 Å². The van der Waals surface area contributed by atoms with E-state index in [1.54, 1.807) is 4.90 Å². The molecule has 4 heterocycles. The fourth-order valence-corrected chi connectivity index (χ4v) is 7.25. The molecule has 1 saturated carbocycles. The number of likely N-dealkylation sites (tertiary alicyclic amines) is 1. The first-order chi connectivity index (χ1) is 17.9. The van der Waals surface area contributed by atoms with Crippen molar-refractivity contribution in [2.75, 3.05) is 13.2 Å². The van der Waals surface area contributed by atoms with E-state index in [1.807, 2.05) is 49.4 Å². The van der Waals surface area contributed by atoms with Gasteiger partial charge in [0.25, 0.3) is 0 Å². The molecule has 198 valence electrons. The Labute approximate surface area is 218 Å². The molecular formula is C29H37N3O5. The third kappa shape index (κ3) is 4.18. The standard InChI is InChI=1S/C29H37N3O5/c1-28-14-15-29(37-28)23(22(28)25(33)31-20-11-6-3-7-12-20)27(35)32(18-21-13-8-16-36-21)24(29)26(34)30-17-19-9-4-2-5-10-19/h2,4-5,9-10,14-15,20-24H,3,6-8,11-13,16-18H2,1H3,(H,30,34)(H,31,33)/t21-,22+,23-,24-,28-,29+/m0/s1. The van der Waals surface area contributed by atoms with Crippen molar-refractivity contribution in [3.63, 3.8) is 0 Å². The molecule has 3 amide bonds. The number of hydrogen-bond donors (Lipinski definition) is 2. The second kappa shape index (κ2) is 9.55. The summed E-state index contributed by atoms with van der Waals surface area (Å²) in [7, 11) is 0. The molecule has 6 rings (SSSR count). The van der Waals surface area contributed by atoms with Crippen LogP contribution in [0.3, 0.4) is 0 Å². The van der Waals surface area contributed by atoms with E-state index in [0.29, 0.717) is 19.7 Å². The number of ether oxygens (including phenoxy) is 2. The molecule has 0 unspecified atom stereocenters. The zero-order valence-corrected chi connectivity index (χ0v) is 21.5. The van der Waals surface area contributed by atoms with Crippen LogP contribution in [0.1, 0.15) is 57.4 Å². The van der Waals surface area contributed by atoms with Gasteiger partial charge in [-0.3, -0.25) is 14.4 Å². The fourth-order valence-electron chi connectivity index (χ4n) is 7.25. The van der Waals surface area contributed by atoms with Crippen LogP contribution >= 0.6 is 0 Å². The van der Waals surface area contributed by atoms with Crippen LogP contribution in [0.25, 0.3) is 0 Å². The van der Waals surface area contributed by atoms with Crippen molar-refractivity contribution < 1.29 is 23.9 Å². The SMILES string of the molecule is C[C@@]12C=C[C@@]3(O1)[C@H](C(=O)N(C[C@@H]1CCCO1)[C@H]3C(=O)NCc1ccccc1)[C@@H]2C(=O)NC1CCCCC1. The Hall–Kier alpha value is -2.71. The van der Waals surface area contributed by atoms with Gasteiger partial charge in [-0.25, -0.2) is 0 Å². The summed E-state index contributed by atoms with van der Waals surface area (Å²) in [5.74, 6) is -2.00. The van der Waals surface area contributed by atoms with Crippen LogP contribution in [0.5, 0.6) is 0 Å². The van der Waals surface area contributed by atoms with Gasteiger partial charge < -0.3 is 25.0 Å². The van der Waals surface area contributed by atoms with Crippen LogP contribution in [-0.2, 0) is 30.4 Å². The number of amides is 3. The number of nitrogens with zero attached hydrogens (tertiary/aromatic N) is 1. The Balaban J connectivity index is 1.29. The van der Waals surface area contributed by atoms with Crippen LogP contribution < -0.4 is 10.6 Å². The molecule has 8 nitrogen and oxygen atoms in total. The van der Waals surface area contributed by atoms with E-state index in [4.69, 9.17) is 9.47 Å². The summed E-state index contributed by atoms with van der Waals surface area (Å²) in [5, 5.41) is 6.27. The summed E-state index contributed by atoms with van der Waals surface area (Å²) in [5.41, 5.74) is -1.11. The third-order valence-corrected chi connectivity index (χ3v) is 9.01. The molecule has 0 aromatic heterocycles. The van der Waals surface area contributed by atoms with Crippen LogP contribution in [0, 0.1) is 11.8 Å². The summed E-state index contributed by atoms with van der Waals surface area (Å²) in [6.45, 7) is 3.21. The topological polar surface area (TPSA) is 97.0 Å². The van der Waals surface area contributed by atoms with Crippen molar-refractivity contribution in [2.24, 2.45) is 11.8 Å². The van der Waals surface area contributed by atoms with Crippen LogP contribution in [0.15, 0.2) is 42.5 Å². The Bertz CT molecular complexity index is 1080. The van der Waals surface area contributed by atoms with Gasteiger partial charge in [0.05, 0.1) is 23.5 Å². The van der Waals surface area contributed by atoms with Crippen molar-refractivity contribution in [3.05, 3.63) is 48.0 Å². The molecule has 3 saturated heterocycles. The molecule has 1 spiro atoms. The number of carbonyl (C=O) groups is 3. The van der Waals surface area contributed by atoms with E-state index in [0.717, 1.165) is 44.1 Å². The van der Waals surface area contributed by atoms with Gasteiger partial charge in [0.1, 0.15) is 11.6 Å². The molecular weight excluding hydrogens is 470 g/mol. The Morgan fingerprint density at radius 1 is 1.03 bits per heavy atom. The molecule has 1 aromatic carbocycles. The maximum absolute atomic E-state index is 14.1. The molecule has 37 heavy (non-hydrogen) atoms. The first kappa shape index (κ1) is 24.6. The lowest BCUT2D eigenvalue weighted by atomic mass is 9.70. The van der Waals surface area contributed by atoms with Crippen molar-refractivity contribution in [3.8, 4) is 0 Å². The molecule has 8 heteroatoms. The number of hydrogen-bond acceptors (Lipinski definition) is 5. The van der Waals surface area contributed by atoms with Crippen molar-refractivity contribution in [2.45, 2.75) is 87.8 Å². The van der Waals surface area contributed by atoms with E-state index >= 15 is 0 Å². The average molecular weight is 508 g/mol. The normalized spacial score (nSPS) is 36.7. The molecule has 0 radical (unpaired) electrons. The number of carbonyl (C=O) groups excluding carboxylic acids is 3. The Kier molecular flexibility index (Phi) is 6.35. The second-order valence-corrected chi connectivity index (χ2v) is 11.5. The van der Waals surface area contributed by atoms with E-state index in [9.17, 15) is 14.4 Å². The highest BCUT2D eigenvalue weighted by molar-refractivity contribution is 6.00. The van der Waals surface area contributed by atoms with Crippen molar-refractivity contribution in [1.82, 2.24) is 15.5 Å². The van der Waals surface area contributed by atoms with Gasteiger partial charge in [0.15, 0.2) is 0 Å². The number of nitrogens with one attached hydrogen (secondary N) is 2. The predicted molar refractivity (Wildman–Crippen MR) is 136 cm³/mol. The lowest BCUT2D eigenvalue weighted by Gasteiger charge is -2.34. The summed E-state index contributed by atoms with van der Waals surface area (Å²) in [6.07, 6.45) is 10.8. The zero-order chi connectivity index (χ0) is 25.6. The zero-order valence-electron chi connectivity index (χ0n) is 21.5. The highest BCUT2D eigenvalue weighted by Crippen LogP contribution is 2.59. The maximum atomic E-state index is 14.1. The number of fused-ring (bicyclic) bond motifs is 1. The largest absolute Gasteiger partial charge is 0.376 e. The minimum atomic E-state index is -1.17. The highest BCUT2D eigenvalue weighted by Gasteiger charge is 2.76. The monoisotopic (exact) mass is 507 g/mol. The molecule has 1 aliphatic carbocycles. The van der Waals surface area contributed by atoms with Crippen molar-refractivity contribution in [1.29, 1.82) is 0 Å². The van der Waals surface area contributed by atoms with E-state index < -0.39 is 29.1 Å². The second-order valence-electron chi connectivity index (χ2n) is 11.5. The minimum absolute atomic E-state index is 0.116.